The first-order valence-corrected chi connectivity index (χ1v) is 5.53. The van der Waals surface area contributed by atoms with Gasteiger partial charge in [-0.15, -0.1) is 0 Å². The van der Waals surface area contributed by atoms with Gasteiger partial charge in [0, 0.05) is 36.3 Å². The standard InChI is InChI=1S/C14H15N3/c1-10-4-6-12(7-5-10)14-16-8-13(9-17-14)11(2)15-3/h4-9H,1-3H3. The molecule has 1 aromatic heterocycles. The summed E-state index contributed by atoms with van der Waals surface area (Å²) >= 11 is 0. The van der Waals surface area contributed by atoms with Crippen molar-refractivity contribution in [2.75, 3.05) is 7.05 Å². The topological polar surface area (TPSA) is 38.1 Å². The Labute approximate surface area is 101 Å². The molecule has 0 atom stereocenters. The van der Waals surface area contributed by atoms with Crippen LogP contribution >= 0.6 is 0 Å². The second-order valence-corrected chi connectivity index (χ2v) is 3.97. The quantitative estimate of drug-likeness (QED) is 0.737. The number of nitrogens with zero attached hydrogens (tertiary/aromatic N) is 3. The number of hydrogen-bond donors (Lipinski definition) is 0. The van der Waals surface area contributed by atoms with E-state index in [0.29, 0.717) is 0 Å². The van der Waals surface area contributed by atoms with Crippen molar-refractivity contribution in [3.05, 3.63) is 47.8 Å². The molecule has 1 aromatic carbocycles. The van der Waals surface area contributed by atoms with Crippen molar-refractivity contribution in [1.82, 2.24) is 9.97 Å². The molecule has 0 amide bonds. The molecule has 3 heteroatoms. The molecule has 0 spiro atoms. The van der Waals surface area contributed by atoms with E-state index in [2.05, 4.69) is 34.0 Å². The van der Waals surface area contributed by atoms with Crippen LogP contribution in [0.5, 0.6) is 0 Å². The molecule has 0 fully saturated rings. The highest BCUT2D eigenvalue weighted by Crippen LogP contribution is 2.15. The third-order valence-corrected chi connectivity index (χ3v) is 2.71. The van der Waals surface area contributed by atoms with E-state index in [1.165, 1.54) is 5.56 Å². The predicted octanol–water partition coefficient (Wildman–Crippen LogP) is 2.89. The van der Waals surface area contributed by atoms with Crippen molar-refractivity contribution in [1.29, 1.82) is 0 Å². The van der Waals surface area contributed by atoms with Crippen molar-refractivity contribution in [2.45, 2.75) is 13.8 Å². The number of aromatic nitrogens is 2. The number of hydrogen-bond acceptors (Lipinski definition) is 3. The van der Waals surface area contributed by atoms with Gasteiger partial charge in [-0.3, -0.25) is 4.99 Å². The van der Waals surface area contributed by atoms with Crippen LogP contribution in [0.3, 0.4) is 0 Å². The minimum Gasteiger partial charge on any atom is -0.293 e. The Hall–Kier alpha value is -2.03. The first-order valence-electron chi connectivity index (χ1n) is 5.53. The summed E-state index contributed by atoms with van der Waals surface area (Å²) in [5.74, 6) is 0.748. The minimum absolute atomic E-state index is 0.748. The van der Waals surface area contributed by atoms with Gasteiger partial charge in [0.15, 0.2) is 5.82 Å². The Morgan fingerprint density at radius 2 is 1.65 bits per heavy atom. The lowest BCUT2D eigenvalue weighted by atomic mass is 10.1. The summed E-state index contributed by atoms with van der Waals surface area (Å²) < 4.78 is 0. The van der Waals surface area contributed by atoms with E-state index in [4.69, 9.17) is 0 Å². The first kappa shape index (κ1) is 11.5. The molecule has 86 valence electrons. The molecule has 0 N–H and O–H groups in total. The molecule has 0 unspecified atom stereocenters. The Morgan fingerprint density at radius 3 is 2.18 bits per heavy atom. The molecular weight excluding hydrogens is 210 g/mol. The van der Waals surface area contributed by atoms with E-state index in [1.807, 2.05) is 31.5 Å². The van der Waals surface area contributed by atoms with Gasteiger partial charge in [0.05, 0.1) is 0 Å². The summed E-state index contributed by atoms with van der Waals surface area (Å²) in [6, 6.07) is 8.19. The summed E-state index contributed by atoms with van der Waals surface area (Å²) in [7, 11) is 1.77. The molecule has 0 aliphatic heterocycles. The smallest absolute Gasteiger partial charge is 0.159 e. The van der Waals surface area contributed by atoms with E-state index in [9.17, 15) is 0 Å². The molecule has 0 aliphatic rings. The maximum absolute atomic E-state index is 4.36. The fourth-order valence-electron chi connectivity index (χ4n) is 1.50. The number of benzene rings is 1. The average Bonchev–Trinajstić information content (AvgIpc) is 2.39. The summed E-state index contributed by atoms with van der Waals surface area (Å²) in [4.78, 5) is 12.8. The molecule has 1 heterocycles. The van der Waals surface area contributed by atoms with Crippen LogP contribution in [0.4, 0.5) is 0 Å². The lowest BCUT2D eigenvalue weighted by Gasteiger charge is -2.02. The fourth-order valence-corrected chi connectivity index (χ4v) is 1.50. The third-order valence-electron chi connectivity index (χ3n) is 2.71. The van der Waals surface area contributed by atoms with Crippen molar-refractivity contribution in [3.8, 4) is 11.4 Å². The summed E-state index contributed by atoms with van der Waals surface area (Å²) in [6.45, 7) is 4.01. The lowest BCUT2D eigenvalue weighted by Crippen LogP contribution is -1.98. The van der Waals surface area contributed by atoms with E-state index < -0.39 is 0 Å². The zero-order valence-electron chi connectivity index (χ0n) is 10.3. The summed E-state index contributed by atoms with van der Waals surface area (Å²) in [5.41, 5.74) is 4.18. The van der Waals surface area contributed by atoms with Gasteiger partial charge in [0.2, 0.25) is 0 Å². The Bertz CT molecular complexity index is 524. The van der Waals surface area contributed by atoms with E-state index in [1.54, 1.807) is 7.05 Å². The molecule has 2 aromatic rings. The van der Waals surface area contributed by atoms with Crippen molar-refractivity contribution < 1.29 is 0 Å². The zero-order valence-corrected chi connectivity index (χ0v) is 10.3. The molecule has 3 nitrogen and oxygen atoms in total. The molecule has 0 aliphatic carbocycles. The van der Waals surface area contributed by atoms with Gasteiger partial charge < -0.3 is 0 Å². The van der Waals surface area contributed by atoms with Gasteiger partial charge in [-0.2, -0.15) is 0 Å². The first-order chi connectivity index (χ1) is 8.20. The maximum atomic E-state index is 4.36. The van der Waals surface area contributed by atoms with Crippen LogP contribution in [0.2, 0.25) is 0 Å². The van der Waals surface area contributed by atoms with Crippen molar-refractivity contribution in [3.63, 3.8) is 0 Å². The lowest BCUT2D eigenvalue weighted by molar-refractivity contribution is 1.16. The second kappa shape index (κ2) is 4.87. The van der Waals surface area contributed by atoms with E-state index >= 15 is 0 Å². The normalized spacial score (nSPS) is 11.6. The number of aryl methyl sites for hydroxylation is 1. The van der Waals surface area contributed by atoms with Gasteiger partial charge in [-0.1, -0.05) is 29.8 Å². The average molecular weight is 225 g/mol. The minimum atomic E-state index is 0.748. The Kier molecular flexibility index (Phi) is 3.28. The predicted molar refractivity (Wildman–Crippen MR) is 70.3 cm³/mol. The largest absolute Gasteiger partial charge is 0.293 e. The van der Waals surface area contributed by atoms with Gasteiger partial charge in [0.25, 0.3) is 0 Å². The highest BCUT2D eigenvalue weighted by Gasteiger charge is 2.02. The molecule has 0 saturated carbocycles. The second-order valence-electron chi connectivity index (χ2n) is 3.97. The highest BCUT2D eigenvalue weighted by molar-refractivity contribution is 5.98. The number of aliphatic imine (C=N–C) groups is 1. The SMILES string of the molecule is CN=C(C)c1cnc(-c2ccc(C)cc2)nc1. The van der Waals surface area contributed by atoms with Crippen molar-refractivity contribution in [2.24, 2.45) is 4.99 Å². The van der Waals surface area contributed by atoms with Gasteiger partial charge in [0.1, 0.15) is 0 Å². The molecule has 0 bridgehead atoms. The van der Waals surface area contributed by atoms with Crippen LogP contribution in [-0.4, -0.2) is 22.7 Å². The van der Waals surface area contributed by atoms with E-state index in [0.717, 1.165) is 22.7 Å². The molecule has 0 radical (unpaired) electrons. The van der Waals surface area contributed by atoms with Crippen LogP contribution < -0.4 is 0 Å². The van der Waals surface area contributed by atoms with Gasteiger partial charge >= 0.3 is 0 Å². The van der Waals surface area contributed by atoms with Crippen LogP contribution in [0.15, 0.2) is 41.7 Å². The van der Waals surface area contributed by atoms with Crippen molar-refractivity contribution >= 4 is 5.71 Å². The van der Waals surface area contributed by atoms with E-state index in [-0.39, 0.29) is 0 Å². The van der Waals surface area contributed by atoms with Crippen LogP contribution in [0, 0.1) is 6.92 Å². The fraction of sp³-hybridized carbons (Fsp3) is 0.214. The molecule has 0 saturated heterocycles. The van der Waals surface area contributed by atoms with Crippen LogP contribution in [-0.2, 0) is 0 Å². The Morgan fingerprint density at radius 1 is 1.06 bits per heavy atom. The maximum Gasteiger partial charge on any atom is 0.159 e. The van der Waals surface area contributed by atoms with Crippen LogP contribution in [0.1, 0.15) is 18.1 Å². The third kappa shape index (κ3) is 2.56. The molecular formula is C14H15N3. The molecule has 17 heavy (non-hydrogen) atoms. The van der Waals surface area contributed by atoms with Gasteiger partial charge in [-0.25, -0.2) is 9.97 Å². The summed E-state index contributed by atoms with van der Waals surface area (Å²) in [6.07, 6.45) is 3.62. The summed E-state index contributed by atoms with van der Waals surface area (Å²) in [5, 5.41) is 0. The number of rotatable bonds is 2. The Balaban J connectivity index is 2.32. The zero-order chi connectivity index (χ0) is 12.3. The monoisotopic (exact) mass is 225 g/mol. The van der Waals surface area contributed by atoms with Crippen LogP contribution in [0.25, 0.3) is 11.4 Å². The molecule has 2 rings (SSSR count). The van der Waals surface area contributed by atoms with Gasteiger partial charge in [-0.05, 0) is 13.8 Å². The highest BCUT2D eigenvalue weighted by atomic mass is 14.9.